The van der Waals surface area contributed by atoms with E-state index in [2.05, 4.69) is 20.8 Å². The highest BCUT2D eigenvalue weighted by Gasteiger charge is 2.99. The standard InChI is InChI=1S/C20H30O9/c1-7-12(22)26-10-6-17-9-5-8(16(2,3)4)18(17)11(21)13(23)28-15(18)29-20(17,14(24)27-9)19(7,10)25/h7-15,21-25H,5-6H2,1-4H3/t7-,8+,9?,10?,11+,12?,13+,14?,15?,17?,18?,19-,20?/m1/s1. The van der Waals surface area contributed by atoms with Crippen LogP contribution in [0.5, 0.6) is 0 Å². The van der Waals surface area contributed by atoms with Crippen molar-refractivity contribution >= 4 is 0 Å². The van der Waals surface area contributed by atoms with E-state index < -0.39 is 71.4 Å². The molecule has 29 heavy (non-hydrogen) atoms. The summed E-state index contributed by atoms with van der Waals surface area (Å²) in [7, 11) is 0. The first kappa shape index (κ1) is 19.3. The molecule has 0 bridgehead atoms. The Morgan fingerprint density at radius 1 is 0.931 bits per heavy atom. The van der Waals surface area contributed by atoms with Crippen molar-refractivity contribution in [2.24, 2.45) is 28.1 Å². The molecular weight excluding hydrogens is 384 g/mol. The lowest BCUT2D eigenvalue weighted by Crippen LogP contribution is -2.67. The van der Waals surface area contributed by atoms with Crippen LogP contribution in [-0.2, 0) is 18.9 Å². The van der Waals surface area contributed by atoms with Gasteiger partial charge in [0, 0.05) is 11.3 Å². The van der Waals surface area contributed by atoms with Crippen LogP contribution in [0.4, 0.5) is 0 Å². The van der Waals surface area contributed by atoms with Gasteiger partial charge in [-0.25, -0.2) is 0 Å². The molecule has 13 atom stereocenters. The number of fused-ring (bicyclic) bond motifs is 1. The van der Waals surface area contributed by atoms with E-state index in [9.17, 15) is 25.5 Å². The molecule has 0 aromatic carbocycles. The Morgan fingerprint density at radius 2 is 1.62 bits per heavy atom. The van der Waals surface area contributed by atoms with Gasteiger partial charge in [-0.15, -0.1) is 0 Å². The number of aliphatic hydroxyl groups excluding tert-OH is 4. The van der Waals surface area contributed by atoms with Crippen LogP contribution in [-0.4, -0.2) is 80.2 Å². The molecule has 6 aliphatic rings. The maximum absolute atomic E-state index is 12.0. The molecule has 9 heteroatoms. The maximum atomic E-state index is 12.0. The van der Waals surface area contributed by atoms with Gasteiger partial charge in [0.05, 0.1) is 17.6 Å². The molecule has 164 valence electrons. The zero-order valence-corrected chi connectivity index (χ0v) is 17.0. The van der Waals surface area contributed by atoms with E-state index in [0.717, 1.165) is 0 Å². The fraction of sp³-hybridized carbons (Fsp3) is 1.00. The molecule has 2 spiro atoms. The van der Waals surface area contributed by atoms with Crippen LogP contribution in [0.3, 0.4) is 0 Å². The minimum Gasteiger partial charge on any atom is -0.387 e. The third-order valence-electron chi connectivity index (χ3n) is 9.42. The van der Waals surface area contributed by atoms with E-state index in [1.54, 1.807) is 6.92 Å². The number of hydrogen-bond acceptors (Lipinski definition) is 9. The van der Waals surface area contributed by atoms with Gasteiger partial charge in [0.15, 0.2) is 30.8 Å². The lowest BCUT2D eigenvalue weighted by atomic mass is 9.51. The second-order valence-corrected chi connectivity index (χ2v) is 11.0. The summed E-state index contributed by atoms with van der Waals surface area (Å²) >= 11 is 0. The largest absolute Gasteiger partial charge is 0.387 e. The molecule has 4 heterocycles. The Balaban J connectivity index is 1.65. The van der Waals surface area contributed by atoms with Crippen molar-refractivity contribution in [1.82, 2.24) is 0 Å². The molecule has 6 fully saturated rings. The highest BCUT2D eigenvalue weighted by molar-refractivity contribution is 5.42. The molecule has 5 N–H and O–H groups in total. The molecule has 0 aromatic heterocycles. The third kappa shape index (κ3) is 1.54. The normalized spacial score (nSPS) is 67.6. The highest BCUT2D eigenvalue weighted by Crippen LogP contribution is 2.85. The number of hydrogen-bond donors (Lipinski definition) is 5. The Hall–Kier alpha value is -0.360. The number of rotatable bonds is 0. The summed E-state index contributed by atoms with van der Waals surface area (Å²) in [6.07, 6.45) is -6.98. The van der Waals surface area contributed by atoms with Crippen molar-refractivity contribution in [3.8, 4) is 0 Å². The molecular formula is C20H30O9. The lowest BCUT2D eigenvalue weighted by molar-refractivity contribution is -0.310. The van der Waals surface area contributed by atoms with Crippen molar-refractivity contribution in [2.45, 2.75) is 95.2 Å². The van der Waals surface area contributed by atoms with Crippen LogP contribution in [0.1, 0.15) is 40.5 Å². The van der Waals surface area contributed by atoms with Crippen LogP contribution in [0.25, 0.3) is 0 Å². The van der Waals surface area contributed by atoms with E-state index in [1.807, 2.05) is 0 Å². The first-order valence-electron chi connectivity index (χ1n) is 10.5. The van der Waals surface area contributed by atoms with E-state index in [0.29, 0.717) is 6.42 Å². The SMILES string of the molecule is C[C@@H]1C(O)OC2CC34C5C[C@@H](C(C)(C)C)C36C(O[C@H](O)[C@@H]6O)OC4(C(O)O5)[C@]21O. The average Bonchev–Trinajstić information content (AvgIpc) is 3.31. The van der Waals surface area contributed by atoms with E-state index in [-0.39, 0.29) is 17.8 Å². The van der Waals surface area contributed by atoms with Gasteiger partial charge in [0.2, 0.25) is 0 Å². The zero-order valence-electron chi connectivity index (χ0n) is 17.0. The fourth-order valence-corrected chi connectivity index (χ4v) is 8.55. The molecule has 0 amide bonds. The quantitative estimate of drug-likeness (QED) is 0.339. The van der Waals surface area contributed by atoms with Gasteiger partial charge in [-0.2, -0.15) is 0 Å². The zero-order chi connectivity index (χ0) is 20.9. The van der Waals surface area contributed by atoms with Crippen molar-refractivity contribution in [3.05, 3.63) is 0 Å². The molecule has 2 aliphatic carbocycles. The molecule has 6 rings (SSSR count). The summed E-state index contributed by atoms with van der Waals surface area (Å²) in [5, 5.41) is 55.3. The van der Waals surface area contributed by atoms with E-state index >= 15 is 0 Å². The Morgan fingerprint density at radius 3 is 2.28 bits per heavy atom. The van der Waals surface area contributed by atoms with Gasteiger partial charge < -0.3 is 44.5 Å². The van der Waals surface area contributed by atoms with Gasteiger partial charge in [-0.05, 0) is 24.2 Å². The molecule has 0 radical (unpaired) electrons. The first-order valence-corrected chi connectivity index (χ1v) is 10.5. The summed E-state index contributed by atoms with van der Waals surface area (Å²) in [6.45, 7) is 7.83. The highest BCUT2D eigenvalue weighted by atomic mass is 16.8. The lowest BCUT2D eigenvalue weighted by Gasteiger charge is -2.49. The average molecular weight is 414 g/mol. The van der Waals surface area contributed by atoms with E-state index in [4.69, 9.17) is 18.9 Å². The Kier molecular flexibility index (Phi) is 3.33. The van der Waals surface area contributed by atoms with Crippen molar-refractivity contribution in [1.29, 1.82) is 0 Å². The van der Waals surface area contributed by atoms with Crippen molar-refractivity contribution in [3.63, 3.8) is 0 Å². The van der Waals surface area contributed by atoms with Crippen molar-refractivity contribution < 1.29 is 44.5 Å². The predicted molar refractivity (Wildman–Crippen MR) is 93.6 cm³/mol. The van der Waals surface area contributed by atoms with Crippen LogP contribution in [0.15, 0.2) is 0 Å². The summed E-state index contributed by atoms with van der Waals surface area (Å²) in [5.74, 6) is -0.926. The van der Waals surface area contributed by atoms with Gasteiger partial charge >= 0.3 is 0 Å². The monoisotopic (exact) mass is 414 g/mol. The van der Waals surface area contributed by atoms with Gasteiger partial charge in [0.25, 0.3) is 0 Å². The first-order chi connectivity index (χ1) is 13.4. The van der Waals surface area contributed by atoms with Gasteiger partial charge in [0.1, 0.15) is 11.7 Å². The van der Waals surface area contributed by atoms with Gasteiger partial charge in [-0.3, -0.25) is 0 Å². The maximum Gasteiger partial charge on any atom is 0.188 e. The third-order valence-corrected chi connectivity index (χ3v) is 9.42. The van der Waals surface area contributed by atoms with Crippen LogP contribution in [0.2, 0.25) is 0 Å². The van der Waals surface area contributed by atoms with E-state index in [1.165, 1.54) is 0 Å². The van der Waals surface area contributed by atoms with Crippen LogP contribution < -0.4 is 0 Å². The molecule has 8 unspecified atom stereocenters. The molecule has 2 saturated carbocycles. The molecule has 4 aliphatic heterocycles. The number of ether oxygens (including phenoxy) is 4. The minimum absolute atomic E-state index is 0.172. The molecule has 4 saturated heterocycles. The van der Waals surface area contributed by atoms with Crippen molar-refractivity contribution in [2.75, 3.05) is 0 Å². The second-order valence-electron chi connectivity index (χ2n) is 11.0. The van der Waals surface area contributed by atoms with Gasteiger partial charge in [-0.1, -0.05) is 27.7 Å². The molecule has 9 nitrogen and oxygen atoms in total. The predicted octanol–water partition coefficient (Wildman–Crippen LogP) is -0.965. The summed E-state index contributed by atoms with van der Waals surface area (Å²) in [4.78, 5) is 0. The fourth-order valence-electron chi connectivity index (χ4n) is 8.55. The molecule has 0 aromatic rings. The topological polar surface area (TPSA) is 138 Å². The second kappa shape index (κ2) is 5.00. The number of aliphatic hydroxyl groups is 5. The Labute approximate surface area is 168 Å². The van der Waals surface area contributed by atoms with Crippen LogP contribution in [0, 0.1) is 28.1 Å². The van der Waals surface area contributed by atoms with Crippen LogP contribution >= 0.6 is 0 Å². The summed E-state index contributed by atoms with van der Waals surface area (Å²) in [6, 6.07) is 0. The smallest absolute Gasteiger partial charge is 0.188 e. The summed E-state index contributed by atoms with van der Waals surface area (Å²) < 4.78 is 23.9. The minimum atomic E-state index is -1.74. The summed E-state index contributed by atoms with van der Waals surface area (Å²) in [5.41, 5.74) is -5.81. The Bertz CT molecular complexity index is 770.